The third kappa shape index (κ3) is 3.50. The highest BCUT2D eigenvalue weighted by Crippen LogP contribution is 2.39. The van der Waals surface area contributed by atoms with Crippen LogP contribution in [-0.4, -0.2) is 18.3 Å². The van der Waals surface area contributed by atoms with Crippen LogP contribution in [0, 0.1) is 13.8 Å². The fraction of sp³-hybridized carbons (Fsp3) is 0.348. The first-order chi connectivity index (χ1) is 12.2. The zero-order valence-electron chi connectivity index (χ0n) is 16.5. The van der Waals surface area contributed by atoms with Crippen molar-refractivity contribution in [3.05, 3.63) is 63.1 Å². The van der Waals surface area contributed by atoms with E-state index in [1.54, 1.807) is 0 Å². The number of hydrogen-bond donors (Lipinski definition) is 0. The molecule has 0 radical (unpaired) electrons. The molecule has 2 aromatic carbocycles. The average Bonchev–Trinajstić information content (AvgIpc) is 2.56. The lowest BCUT2D eigenvalue weighted by Crippen LogP contribution is -2.45. The van der Waals surface area contributed by atoms with Crippen LogP contribution < -0.4 is 4.90 Å². The summed E-state index contributed by atoms with van der Waals surface area (Å²) in [6, 6.07) is 10.8. The van der Waals surface area contributed by atoms with Crippen molar-refractivity contribution < 1.29 is 0 Å². The molecule has 0 saturated carbocycles. The summed E-state index contributed by atoms with van der Waals surface area (Å²) >= 11 is 3.54. The zero-order chi connectivity index (χ0) is 19.1. The Balaban J connectivity index is 2.02. The number of nitrogens with zero attached hydrogens (tertiary/aromatic N) is 2. The quantitative estimate of drug-likeness (QED) is 0.505. The van der Waals surface area contributed by atoms with Gasteiger partial charge in [-0.15, -0.1) is 0 Å². The maximum atomic E-state index is 4.70. The summed E-state index contributed by atoms with van der Waals surface area (Å²) in [4.78, 5) is 7.18. The normalized spacial score (nSPS) is 16.0. The van der Waals surface area contributed by atoms with E-state index in [0.29, 0.717) is 0 Å². The van der Waals surface area contributed by atoms with Crippen LogP contribution in [-0.2, 0) is 0 Å². The molecule has 26 heavy (non-hydrogen) atoms. The van der Waals surface area contributed by atoms with Gasteiger partial charge in [0.1, 0.15) is 0 Å². The van der Waals surface area contributed by atoms with Crippen LogP contribution >= 0.6 is 15.9 Å². The predicted octanol–water partition coefficient (Wildman–Crippen LogP) is 6.84. The number of halogens is 1. The van der Waals surface area contributed by atoms with Crippen LogP contribution in [0.25, 0.3) is 5.57 Å². The maximum absolute atomic E-state index is 4.70. The Morgan fingerprint density at radius 3 is 2.46 bits per heavy atom. The van der Waals surface area contributed by atoms with Gasteiger partial charge in [0.05, 0.1) is 11.2 Å². The molecule has 1 aliphatic heterocycles. The second-order valence-electron chi connectivity index (χ2n) is 7.64. The fourth-order valence-corrected chi connectivity index (χ4v) is 4.06. The molecule has 0 aromatic heterocycles. The Kier molecular flexibility index (Phi) is 5.12. The highest BCUT2D eigenvalue weighted by molar-refractivity contribution is 9.10. The molecule has 1 heterocycles. The van der Waals surface area contributed by atoms with Crippen LogP contribution in [0.15, 0.2) is 45.9 Å². The second kappa shape index (κ2) is 7.03. The predicted molar refractivity (Wildman–Crippen MR) is 118 cm³/mol. The summed E-state index contributed by atoms with van der Waals surface area (Å²) in [6.45, 7) is 14.2. The lowest BCUT2D eigenvalue weighted by atomic mass is 9.87. The zero-order valence-corrected chi connectivity index (χ0v) is 18.1. The number of fused-ring (bicyclic) bond motifs is 1. The smallest absolute Gasteiger partial charge is 0.0633 e. The number of benzene rings is 2. The molecule has 0 atom stereocenters. The number of rotatable bonds is 3. The van der Waals surface area contributed by atoms with Gasteiger partial charge < -0.3 is 4.90 Å². The minimum atomic E-state index is 0.0445. The molecule has 3 rings (SSSR count). The molecule has 136 valence electrons. The molecule has 0 unspecified atom stereocenters. The lowest BCUT2D eigenvalue weighted by Gasteiger charge is -2.43. The number of aliphatic imine (C=N–C) groups is 1. The highest BCUT2D eigenvalue weighted by atomic mass is 79.9. The van der Waals surface area contributed by atoms with Crippen molar-refractivity contribution in [1.82, 2.24) is 0 Å². The summed E-state index contributed by atoms with van der Waals surface area (Å²) < 4.78 is 1.12. The molecular weight excluding hydrogens is 384 g/mol. The van der Waals surface area contributed by atoms with Crippen molar-refractivity contribution in [3.8, 4) is 0 Å². The van der Waals surface area contributed by atoms with Crippen LogP contribution in [0.5, 0.6) is 0 Å². The Labute approximate surface area is 165 Å². The molecule has 0 fully saturated rings. The van der Waals surface area contributed by atoms with E-state index in [4.69, 9.17) is 4.99 Å². The Morgan fingerprint density at radius 2 is 1.81 bits per heavy atom. The third-order valence-corrected chi connectivity index (χ3v) is 6.07. The summed E-state index contributed by atoms with van der Waals surface area (Å²) in [6.07, 6.45) is 4.36. The van der Waals surface area contributed by atoms with Crippen molar-refractivity contribution in [2.45, 2.75) is 47.1 Å². The molecule has 2 aromatic rings. The van der Waals surface area contributed by atoms with Crippen molar-refractivity contribution in [2.75, 3.05) is 11.4 Å². The summed E-state index contributed by atoms with van der Waals surface area (Å²) in [5.41, 5.74) is 8.62. The standard InChI is InChI=1S/C23H27BrN2/c1-7-26-22-11-15(2)18(12-20(22)17(4)13-23(26,5)6)14-25-19-8-9-21(24)16(3)10-19/h8-14H,7H2,1-6H3. The van der Waals surface area contributed by atoms with Crippen molar-refractivity contribution >= 4 is 39.1 Å². The Bertz CT molecular complexity index is 907. The van der Waals surface area contributed by atoms with E-state index in [2.05, 4.69) is 92.7 Å². The van der Waals surface area contributed by atoms with E-state index >= 15 is 0 Å². The van der Waals surface area contributed by atoms with Gasteiger partial charge in [0.2, 0.25) is 0 Å². The number of likely N-dealkylation sites (N-methyl/N-ethyl adjacent to an activating group) is 1. The first kappa shape index (κ1) is 18.9. The second-order valence-corrected chi connectivity index (χ2v) is 8.50. The minimum absolute atomic E-state index is 0.0445. The van der Waals surface area contributed by atoms with E-state index < -0.39 is 0 Å². The minimum Gasteiger partial charge on any atom is -0.363 e. The molecule has 3 heteroatoms. The SMILES string of the molecule is CCN1c2cc(C)c(C=Nc3ccc(Br)c(C)c3)cc2C(C)=CC1(C)C. The van der Waals surface area contributed by atoms with Gasteiger partial charge in [-0.05, 0) is 94.1 Å². The van der Waals surface area contributed by atoms with E-state index in [1.807, 2.05) is 12.3 Å². The summed E-state index contributed by atoms with van der Waals surface area (Å²) in [5.74, 6) is 0. The third-order valence-electron chi connectivity index (χ3n) is 5.18. The van der Waals surface area contributed by atoms with Crippen LogP contribution in [0.4, 0.5) is 11.4 Å². The number of aryl methyl sites for hydroxylation is 2. The van der Waals surface area contributed by atoms with E-state index in [-0.39, 0.29) is 5.54 Å². The monoisotopic (exact) mass is 410 g/mol. The van der Waals surface area contributed by atoms with E-state index in [9.17, 15) is 0 Å². The molecule has 1 aliphatic rings. The van der Waals surface area contributed by atoms with Crippen molar-refractivity contribution in [3.63, 3.8) is 0 Å². The van der Waals surface area contributed by atoms with Crippen LogP contribution in [0.2, 0.25) is 0 Å². The van der Waals surface area contributed by atoms with Crippen molar-refractivity contribution in [1.29, 1.82) is 0 Å². The topological polar surface area (TPSA) is 15.6 Å². The van der Waals surface area contributed by atoms with Gasteiger partial charge in [-0.2, -0.15) is 0 Å². The van der Waals surface area contributed by atoms with Gasteiger partial charge in [0.15, 0.2) is 0 Å². The average molecular weight is 411 g/mol. The largest absolute Gasteiger partial charge is 0.363 e. The Hall–Kier alpha value is -1.87. The van der Waals surface area contributed by atoms with Gasteiger partial charge in [0.25, 0.3) is 0 Å². The van der Waals surface area contributed by atoms with Crippen molar-refractivity contribution in [2.24, 2.45) is 4.99 Å². The molecule has 0 amide bonds. The van der Waals surface area contributed by atoms with Gasteiger partial charge in [-0.1, -0.05) is 22.0 Å². The van der Waals surface area contributed by atoms with Gasteiger partial charge in [-0.3, -0.25) is 4.99 Å². The maximum Gasteiger partial charge on any atom is 0.0633 e. The van der Waals surface area contributed by atoms with Gasteiger partial charge in [-0.25, -0.2) is 0 Å². The lowest BCUT2D eigenvalue weighted by molar-refractivity contribution is 0.566. The van der Waals surface area contributed by atoms with Gasteiger partial charge in [0, 0.05) is 28.5 Å². The van der Waals surface area contributed by atoms with Crippen LogP contribution in [0.3, 0.4) is 0 Å². The van der Waals surface area contributed by atoms with E-state index in [0.717, 1.165) is 16.7 Å². The number of allylic oxidation sites excluding steroid dienone is 1. The molecular formula is C23H27BrN2. The molecule has 0 N–H and O–H groups in total. The first-order valence-electron chi connectivity index (χ1n) is 9.15. The first-order valence-corrected chi connectivity index (χ1v) is 9.94. The van der Waals surface area contributed by atoms with E-state index in [1.165, 1.54) is 33.5 Å². The number of anilines is 1. The summed E-state index contributed by atoms with van der Waals surface area (Å²) in [7, 11) is 0. The molecule has 0 saturated heterocycles. The molecule has 0 bridgehead atoms. The Morgan fingerprint density at radius 1 is 1.08 bits per heavy atom. The molecule has 2 nitrogen and oxygen atoms in total. The molecule has 0 spiro atoms. The van der Waals surface area contributed by atoms with Gasteiger partial charge >= 0.3 is 0 Å². The summed E-state index contributed by atoms with van der Waals surface area (Å²) in [5, 5.41) is 0. The fourth-order valence-electron chi connectivity index (χ4n) is 3.81. The highest BCUT2D eigenvalue weighted by Gasteiger charge is 2.30. The van der Waals surface area contributed by atoms with Crippen LogP contribution in [0.1, 0.15) is 49.9 Å². The molecule has 0 aliphatic carbocycles. The number of hydrogen-bond acceptors (Lipinski definition) is 2.